The summed E-state index contributed by atoms with van der Waals surface area (Å²) in [6.07, 6.45) is 5.72. The number of hydrogen-bond donors (Lipinski definition) is 4. The minimum absolute atomic E-state index is 0.00673. The number of carbonyl (C=O) groups excluding carboxylic acids is 1. The van der Waals surface area contributed by atoms with Gasteiger partial charge in [-0.25, -0.2) is 14.4 Å². The summed E-state index contributed by atoms with van der Waals surface area (Å²) in [5, 5.41) is 24.8. The number of aliphatic hydroxyl groups excluding tert-OH is 1. The van der Waals surface area contributed by atoms with E-state index in [1.807, 2.05) is 17.6 Å². The van der Waals surface area contributed by atoms with Crippen LogP contribution >= 0.6 is 11.6 Å². The summed E-state index contributed by atoms with van der Waals surface area (Å²) in [7, 11) is 0. The molecule has 12 heteroatoms. The zero-order chi connectivity index (χ0) is 25.8. The zero-order valence-corrected chi connectivity index (χ0v) is 20.6. The van der Waals surface area contributed by atoms with Gasteiger partial charge in [0.25, 0.3) is 0 Å². The summed E-state index contributed by atoms with van der Waals surface area (Å²) >= 11 is 6.29. The predicted octanol–water partition coefficient (Wildman–Crippen LogP) is 4.02. The highest BCUT2D eigenvalue weighted by molar-refractivity contribution is 6.33. The van der Waals surface area contributed by atoms with Gasteiger partial charge in [-0.15, -0.1) is 0 Å². The number of nitrogens with zero attached hydrogens (tertiary/aromatic N) is 5. The van der Waals surface area contributed by atoms with Crippen molar-refractivity contribution in [1.82, 2.24) is 19.5 Å². The number of carbonyl (C=O) groups is 1. The zero-order valence-electron chi connectivity index (χ0n) is 19.8. The van der Waals surface area contributed by atoms with Gasteiger partial charge in [-0.2, -0.15) is 10.2 Å². The van der Waals surface area contributed by atoms with Crippen LogP contribution in [-0.2, 0) is 4.79 Å². The Kier molecular flexibility index (Phi) is 7.86. The fourth-order valence-corrected chi connectivity index (χ4v) is 4.87. The molecule has 1 aliphatic carbocycles. The number of nitrogens with two attached hydrogens (primary N) is 1. The molecule has 0 radical (unpaired) electrons. The van der Waals surface area contributed by atoms with Crippen molar-refractivity contribution >= 4 is 46.3 Å². The molecular formula is C24H28ClFN8O2. The van der Waals surface area contributed by atoms with Crippen LogP contribution in [0.4, 0.5) is 22.0 Å². The van der Waals surface area contributed by atoms with Crippen molar-refractivity contribution in [1.29, 1.82) is 5.26 Å². The number of fused-ring (bicyclic) bond motifs is 1. The highest BCUT2D eigenvalue weighted by atomic mass is 35.5. The van der Waals surface area contributed by atoms with E-state index in [9.17, 15) is 14.3 Å². The number of imidazole rings is 1. The number of hydrogen-bond acceptors (Lipinski definition) is 8. The van der Waals surface area contributed by atoms with Gasteiger partial charge in [0.1, 0.15) is 11.3 Å². The number of nitriles is 1. The largest absolute Gasteiger partial charge is 0.394 e. The molecule has 10 nitrogen and oxygen atoms in total. The molecule has 0 saturated heterocycles. The Morgan fingerprint density at radius 1 is 1.36 bits per heavy atom. The number of nitrogens with one attached hydrogen (secondary N) is 2. The van der Waals surface area contributed by atoms with Gasteiger partial charge >= 0.3 is 0 Å². The number of rotatable bonds is 9. The van der Waals surface area contributed by atoms with E-state index in [2.05, 4.69) is 25.6 Å². The second kappa shape index (κ2) is 11.1. The smallest absolute Gasteiger partial charge is 0.225 e. The maximum atomic E-state index is 14.8. The minimum Gasteiger partial charge on any atom is -0.394 e. The quantitative estimate of drug-likeness (QED) is 0.333. The van der Waals surface area contributed by atoms with Gasteiger partial charge in [-0.3, -0.25) is 9.36 Å². The number of benzene rings is 1. The van der Waals surface area contributed by atoms with Crippen molar-refractivity contribution in [2.75, 3.05) is 17.2 Å². The number of aliphatic hydroxyl groups is 1. The van der Waals surface area contributed by atoms with Crippen LogP contribution in [0, 0.1) is 23.1 Å². The van der Waals surface area contributed by atoms with E-state index in [1.54, 1.807) is 6.20 Å². The molecule has 2 heterocycles. The number of primary amides is 1. The maximum absolute atomic E-state index is 14.8. The highest BCUT2D eigenvalue weighted by Gasteiger charge is 2.28. The molecule has 3 aromatic rings. The molecule has 2 aromatic heterocycles. The normalized spacial score (nSPS) is 18.5. The van der Waals surface area contributed by atoms with E-state index < -0.39 is 5.82 Å². The first kappa shape index (κ1) is 25.6. The molecule has 0 aliphatic heterocycles. The Labute approximate surface area is 212 Å². The van der Waals surface area contributed by atoms with Crippen LogP contribution < -0.4 is 16.4 Å². The summed E-state index contributed by atoms with van der Waals surface area (Å²) in [4.78, 5) is 25.0. The van der Waals surface area contributed by atoms with E-state index in [0.29, 0.717) is 35.9 Å². The first-order valence-electron chi connectivity index (χ1n) is 11.9. The van der Waals surface area contributed by atoms with Crippen molar-refractivity contribution in [2.24, 2.45) is 11.7 Å². The molecule has 1 atom stereocenters. The maximum Gasteiger partial charge on any atom is 0.225 e. The Morgan fingerprint density at radius 3 is 2.72 bits per heavy atom. The fraction of sp³-hybridized carbons (Fsp3) is 0.458. The molecule has 1 amide bonds. The Bertz CT molecular complexity index is 1270. The molecule has 0 unspecified atom stereocenters. The fourth-order valence-electron chi connectivity index (χ4n) is 4.61. The predicted molar refractivity (Wildman–Crippen MR) is 134 cm³/mol. The molecule has 1 fully saturated rings. The van der Waals surface area contributed by atoms with E-state index >= 15 is 0 Å². The molecule has 1 aromatic carbocycles. The SMILES string of the molecule is CC[C@@H](CO)Nc1ncc2nc(Nc3c(F)cc(C#N)cc3Cl)n([C@H]3CC[C@@H](CC(N)=O)CC3)c2n1. The summed E-state index contributed by atoms with van der Waals surface area (Å²) in [6.45, 7) is 1.88. The molecule has 4 rings (SSSR count). The van der Waals surface area contributed by atoms with Crippen molar-refractivity contribution in [3.05, 3.63) is 34.7 Å². The van der Waals surface area contributed by atoms with E-state index in [-0.39, 0.29) is 46.8 Å². The molecule has 0 bridgehead atoms. The third-order valence-electron chi connectivity index (χ3n) is 6.56. The molecule has 0 spiro atoms. The number of anilines is 3. The van der Waals surface area contributed by atoms with Crippen molar-refractivity contribution in [3.8, 4) is 6.07 Å². The Balaban J connectivity index is 1.74. The van der Waals surface area contributed by atoms with Crippen LogP contribution in [0.1, 0.15) is 57.1 Å². The van der Waals surface area contributed by atoms with Gasteiger partial charge in [0, 0.05) is 12.5 Å². The van der Waals surface area contributed by atoms with Crippen LogP contribution in [0.25, 0.3) is 11.2 Å². The minimum atomic E-state index is -0.676. The Morgan fingerprint density at radius 2 is 2.11 bits per heavy atom. The van der Waals surface area contributed by atoms with E-state index in [1.165, 1.54) is 6.07 Å². The first-order chi connectivity index (χ1) is 17.3. The van der Waals surface area contributed by atoms with Crippen LogP contribution in [0.3, 0.4) is 0 Å². The van der Waals surface area contributed by atoms with Crippen molar-refractivity contribution in [2.45, 2.75) is 57.5 Å². The van der Waals surface area contributed by atoms with E-state index in [4.69, 9.17) is 22.6 Å². The van der Waals surface area contributed by atoms with Gasteiger partial charge in [0.05, 0.1) is 41.2 Å². The topological polar surface area (TPSA) is 155 Å². The molecule has 1 saturated carbocycles. The van der Waals surface area contributed by atoms with Crippen LogP contribution in [0.15, 0.2) is 18.3 Å². The second-order valence-corrected chi connectivity index (χ2v) is 9.44. The third kappa shape index (κ3) is 5.50. The van der Waals surface area contributed by atoms with E-state index in [0.717, 1.165) is 31.7 Å². The monoisotopic (exact) mass is 514 g/mol. The average molecular weight is 515 g/mol. The average Bonchev–Trinajstić information content (AvgIpc) is 3.22. The molecule has 190 valence electrons. The lowest BCUT2D eigenvalue weighted by Gasteiger charge is -2.30. The standard InChI is InChI=1S/C24H28ClFN8O2/c1-2-15(12-35)30-23-29-11-19-22(33-23)34(16-5-3-13(4-6-16)9-20(28)36)24(31-19)32-21-17(25)7-14(10-27)8-18(21)26/h7-8,11,13,15-16,35H,2-6,9,12H2,1H3,(H2,28,36)(H,31,32)(H,29,30,33)/t13-,15-,16+/m0/s1. The lowest BCUT2D eigenvalue weighted by Crippen LogP contribution is -2.25. The van der Waals surface area contributed by atoms with Gasteiger partial charge in [0.2, 0.25) is 17.8 Å². The summed E-state index contributed by atoms with van der Waals surface area (Å²) < 4.78 is 16.7. The molecule has 5 N–H and O–H groups in total. The molecule has 1 aliphatic rings. The van der Waals surface area contributed by atoms with Crippen LogP contribution in [0.2, 0.25) is 5.02 Å². The highest BCUT2D eigenvalue weighted by Crippen LogP contribution is 2.39. The van der Waals surface area contributed by atoms with Crippen LogP contribution in [0.5, 0.6) is 0 Å². The number of aromatic nitrogens is 4. The van der Waals surface area contributed by atoms with Gasteiger partial charge in [0.15, 0.2) is 5.65 Å². The first-order valence-corrected chi connectivity index (χ1v) is 12.3. The van der Waals surface area contributed by atoms with Gasteiger partial charge in [-0.1, -0.05) is 18.5 Å². The van der Waals surface area contributed by atoms with Gasteiger partial charge < -0.3 is 21.5 Å². The molecular weight excluding hydrogens is 487 g/mol. The second-order valence-electron chi connectivity index (χ2n) is 9.04. The van der Waals surface area contributed by atoms with Crippen molar-refractivity contribution < 1.29 is 14.3 Å². The molecule has 36 heavy (non-hydrogen) atoms. The lowest BCUT2D eigenvalue weighted by atomic mass is 9.84. The lowest BCUT2D eigenvalue weighted by molar-refractivity contribution is -0.119. The number of halogens is 2. The summed E-state index contributed by atoms with van der Waals surface area (Å²) in [6, 6.07) is 4.15. The Hall–Kier alpha value is -3.49. The summed E-state index contributed by atoms with van der Waals surface area (Å²) in [5.74, 6) is -0.0738. The number of amides is 1. The summed E-state index contributed by atoms with van der Waals surface area (Å²) in [5.41, 5.74) is 6.56. The third-order valence-corrected chi connectivity index (χ3v) is 6.86. The van der Waals surface area contributed by atoms with Crippen molar-refractivity contribution in [3.63, 3.8) is 0 Å². The van der Waals surface area contributed by atoms with Gasteiger partial charge in [-0.05, 0) is 50.2 Å². The van der Waals surface area contributed by atoms with Crippen LogP contribution in [-0.4, -0.2) is 43.2 Å².